The van der Waals surface area contributed by atoms with Crippen molar-refractivity contribution >= 4 is 22.5 Å². The van der Waals surface area contributed by atoms with Gasteiger partial charge in [0.2, 0.25) is 11.7 Å². The summed E-state index contributed by atoms with van der Waals surface area (Å²) >= 11 is 0. The van der Waals surface area contributed by atoms with Crippen molar-refractivity contribution in [2.45, 2.75) is 83.5 Å². The molecule has 0 aliphatic heterocycles. The van der Waals surface area contributed by atoms with Crippen LogP contribution in [0.4, 0.5) is 23.2 Å². The maximum Gasteiger partial charge on any atom is 0.406 e. The third kappa shape index (κ3) is 6.00. The number of anilines is 1. The number of carbonyl (C=O) groups excluding carboxylic acids is 1. The van der Waals surface area contributed by atoms with Gasteiger partial charge in [-0.25, -0.2) is 4.39 Å². The van der Waals surface area contributed by atoms with E-state index in [1.165, 1.54) is 0 Å². The lowest BCUT2D eigenvalue weighted by Crippen LogP contribution is -2.33. The minimum Gasteiger partial charge on any atom is -0.379 e. The molecule has 0 saturated heterocycles. The third-order valence-electron chi connectivity index (χ3n) is 7.13. The molecular weight excluding hydrogens is 528 g/mol. The molecule has 1 fully saturated rings. The molecule has 40 heavy (non-hydrogen) atoms. The first-order chi connectivity index (χ1) is 18.9. The first kappa shape index (κ1) is 27.7. The van der Waals surface area contributed by atoms with Gasteiger partial charge in [-0.3, -0.25) is 4.79 Å². The smallest absolute Gasteiger partial charge is 0.379 e. The predicted octanol–water partition coefficient (Wildman–Crippen LogP) is 6.43. The standard InChI is InChI=1S/C28H32F4N6O2/c1-27(2,3)37-12-11-17(15-37)26(39)33-14-24-35-25(36-40-24)23-13-18-20(34-21-8-5-4-7-19(21)29)9-6-10-22(18)38(23)16-28(30,31)32/h6,9-13,15,19,21,34H,4-5,7-8,14,16H2,1-3H3,(H,33,39)/t19-,21-/m1/s1. The molecule has 5 rings (SSSR count). The molecule has 2 N–H and O–H groups in total. The van der Waals surface area contributed by atoms with Gasteiger partial charge in [0.1, 0.15) is 12.7 Å². The number of aromatic nitrogens is 4. The number of rotatable bonds is 7. The highest BCUT2D eigenvalue weighted by molar-refractivity contribution is 5.96. The summed E-state index contributed by atoms with van der Waals surface area (Å²) in [6.07, 6.45) is 0.814. The zero-order valence-electron chi connectivity index (χ0n) is 22.6. The molecule has 8 nitrogen and oxygen atoms in total. The zero-order valence-corrected chi connectivity index (χ0v) is 22.6. The van der Waals surface area contributed by atoms with Crippen molar-refractivity contribution in [2.75, 3.05) is 5.32 Å². The highest BCUT2D eigenvalue weighted by Gasteiger charge is 2.32. The van der Waals surface area contributed by atoms with Crippen LogP contribution in [0, 0.1) is 0 Å². The molecule has 0 bridgehead atoms. The molecule has 214 valence electrons. The van der Waals surface area contributed by atoms with Gasteiger partial charge in [-0.2, -0.15) is 18.2 Å². The molecule has 4 aromatic rings. The van der Waals surface area contributed by atoms with E-state index in [-0.39, 0.29) is 35.4 Å². The summed E-state index contributed by atoms with van der Waals surface area (Å²) in [5.41, 5.74) is 1.23. The number of amides is 1. The van der Waals surface area contributed by atoms with E-state index in [1.807, 2.05) is 31.5 Å². The van der Waals surface area contributed by atoms with Crippen LogP contribution in [0.25, 0.3) is 22.4 Å². The second kappa shape index (κ2) is 10.6. The van der Waals surface area contributed by atoms with Gasteiger partial charge >= 0.3 is 6.18 Å². The van der Waals surface area contributed by atoms with Crippen LogP contribution in [0.1, 0.15) is 62.7 Å². The minimum absolute atomic E-state index is 0.0447. The van der Waals surface area contributed by atoms with Crippen LogP contribution in [0.3, 0.4) is 0 Å². The van der Waals surface area contributed by atoms with Crippen molar-refractivity contribution in [3.8, 4) is 11.5 Å². The van der Waals surface area contributed by atoms with Crippen molar-refractivity contribution < 1.29 is 26.9 Å². The summed E-state index contributed by atoms with van der Waals surface area (Å²) in [6.45, 7) is 4.67. The van der Waals surface area contributed by atoms with E-state index >= 15 is 0 Å². The highest BCUT2D eigenvalue weighted by Crippen LogP contribution is 2.35. The Balaban J connectivity index is 1.40. The Bertz CT molecular complexity index is 1500. The van der Waals surface area contributed by atoms with Crippen molar-refractivity contribution in [1.29, 1.82) is 0 Å². The molecular formula is C28H32F4N6O2. The van der Waals surface area contributed by atoms with Crippen molar-refractivity contribution in [3.05, 3.63) is 54.2 Å². The Morgan fingerprint density at radius 1 is 1.15 bits per heavy atom. The molecule has 0 unspecified atom stereocenters. The minimum atomic E-state index is -4.51. The topological polar surface area (TPSA) is 89.9 Å². The average molecular weight is 561 g/mol. The molecule has 12 heteroatoms. The SMILES string of the molecule is CC(C)(C)n1ccc(C(=O)NCc2nc(-c3cc4c(N[C@@H]5CCCC[C@H]5F)cccc4n3CC(F)(F)F)no2)c1. The number of hydrogen-bond donors (Lipinski definition) is 2. The lowest BCUT2D eigenvalue weighted by molar-refractivity contribution is -0.139. The second-order valence-corrected chi connectivity index (χ2v) is 11.2. The quantitative estimate of drug-likeness (QED) is 0.254. The monoisotopic (exact) mass is 560 g/mol. The third-order valence-corrected chi connectivity index (χ3v) is 7.13. The van der Waals surface area contributed by atoms with E-state index in [0.29, 0.717) is 35.0 Å². The number of hydrogen-bond acceptors (Lipinski definition) is 5. The molecule has 3 heterocycles. The van der Waals surface area contributed by atoms with E-state index in [2.05, 4.69) is 20.8 Å². The fraction of sp³-hybridized carbons (Fsp3) is 0.464. The molecule has 1 aliphatic carbocycles. The Kier molecular flexibility index (Phi) is 7.36. The van der Waals surface area contributed by atoms with Crippen molar-refractivity contribution in [2.24, 2.45) is 0 Å². The largest absolute Gasteiger partial charge is 0.406 e. The summed E-state index contributed by atoms with van der Waals surface area (Å²) < 4.78 is 63.6. The van der Waals surface area contributed by atoms with Gasteiger partial charge in [-0.1, -0.05) is 24.1 Å². The Morgan fingerprint density at radius 2 is 1.93 bits per heavy atom. The number of halogens is 4. The molecule has 0 spiro atoms. The molecule has 1 saturated carbocycles. The average Bonchev–Trinajstić information content (AvgIpc) is 3.62. The van der Waals surface area contributed by atoms with E-state index in [9.17, 15) is 22.4 Å². The van der Waals surface area contributed by atoms with Gasteiger partial charge in [0.05, 0.1) is 29.4 Å². The van der Waals surface area contributed by atoms with Crippen molar-refractivity contribution in [3.63, 3.8) is 0 Å². The lowest BCUT2D eigenvalue weighted by Gasteiger charge is -2.28. The van der Waals surface area contributed by atoms with Gasteiger partial charge in [-0.05, 0) is 57.9 Å². The lowest BCUT2D eigenvalue weighted by atomic mass is 9.93. The van der Waals surface area contributed by atoms with E-state index in [0.717, 1.165) is 17.4 Å². The molecule has 3 aromatic heterocycles. The number of nitrogens with one attached hydrogen (secondary N) is 2. The second-order valence-electron chi connectivity index (χ2n) is 11.2. The predicted molar refractivity (Wildman–Crippen MR) is 143 cm³/mol. The summed E-state index contributed by atoms with van der Waals surface area (Å²) in [5.74, 6) is -0.350. The van der Waals surface area contributed by atoms with Crippen LogP contribution in [-0.4, -0.2) is 43.6 Å². The molecule has 0 radical (unpaired) electrons. The Morgan fingerprint density at radius 3 is 2.62 bits per heavy atom. The fourth-order valence-corrected chi connectivity index (χ4v) is 5.03. The molecule has 1 aromatic carbocycles. The summed E-state index contributed by atoms with van der Waals surface area (Å²) in [6, 6.07) is 7.79. The van der Waals surface area contributed by atoms with E-state index in [1.54, 1.807) is 36.5 Å². The molecule has 2 atom stereocenters. The first-order valence-corrected chi connectivity index (χ1v) is 13.3. The fourth-order valence-electron chi connectivity index (χ4n) is 5.03. The number of fused-ring (bicyclic) bond motifs is 1. The Labute approximate surface area is 228 Å². The van der Waals surface area contributed by atoms with E-state index in [4.69, 9.17) is 4.52 Å². The number of carbonyl (C=O) groups is 1. The highest BCUT2D eigenvalue weighted by atomic mass is 19.4. The van der Waals surface area contributed by atoms with Crippen molar-refractivity contribution in [1.82, 2.24) is 24.6 Å². The van der Waals surface area contributed by atoms with E-state index < -0.39 is 24.9 Å². The van der Waals surface area contributed by atoms with Gasteiger partial charge < -0.3 is 24.3 Å². The van der Waals surface area contributed by atoms with Crippen LogP contribution < -0.4 is 10.6 Å². The summed E-state index contributed by atoms with van der Waals surface area (Å²) in [4.78, 5) is 16.9. The summed E-state index contributed by atoms with van der Waals surface area (Å²) in [5, 5.41) is 10.3. The normalized spacial score (nSPS) is 18.3. The van der Waals surface area contributed by atoms with Crippen LogP contribution >= 0.6 is 0 Å². The van der Waals surface area contributed by atoms with Crippen LogP contribution in [0.2, 0.25) is 0 Å². The van der Waals surface area contributed by atoms with Crippen LogP contribution in [0.15, 0.2) is 47.2 Å². The first-order valence-electron chi connectivity index (χ1n) is 13.3. The van der Waals surface area contributed by atoms with Crippen LogP contribution in [0.5, 0.6) is 0 Å². The molecule has 1 aliphatic rings. The van der Waals surface area contributed by atoms with Gasteiger partial charge in [-0.15, -0.1) is 0 Å². The van der Waals surface area contributed by atoms with Gasteiger partial charge in [0.25, 0.3) is 5.91 Å². The van der Waals surface area contributed by atoms with Gasteiger partial charge in [0, 0.05) is 29.0 Å². The Hall–Kier alpha value is -3.83. The van der Waals surface area contributed by atoms with Crippen LogP contribution in [-0.2, 0) is 18.6 Å². The molecule has 1 amide bonds. The maximum atomic E-state index is 14.5. The number of alkyl halides is 4. The maximum absolute atomic E-state index is 14.5. The zero-order chi connectivity index (χ0) is 28.7. The number of benzene rings is 1. The van der Waals surface area contributed by atoms with Gasteiger partial charge in [0.15, 0.2) is 0 Å². The number of nitrogens with zero attached hydrogens (tertiary/aromatic N) is 4. The summed E-state index contributed by atoms with van der Waals surface area (Å²) in [7, 11) is 0.